The highest BCUT2D eigenvalue weighted by Gasteiger charge is 2.54. The van der Waals surface area contributed by atoms with Crippen LogP contribution in [0.3, 0.4) is 0 Å². The molecule has 0 bridgehead atoms. The number of fused-ring (bicyclic) bond motifs is 1. The SMILES string of the molecule is CC(C)(C)OC(=O)N1CCC2(CC1)CC(=C(F)B1OC(C)(C)C(C)(C)O1)c1cc(O)ccc1O2. The van der Waals surface area contributed by atoms with Gasteiger partial charge < -0.3 is 28.8 Å². The van der Waals surface area contributed by atoms with Crippen LogP contribution in [0.2, 0.25) is 0 Å². The molecule has 1 aromatic carbocycles. The molecule has 0 atom stereocenters. The van der Waals surface area contributed by atoms with E-state index in [-0.39, 0.29) is 18.3 Å². The summed E-state index contributed by atoms with van der Waals surface area (Å²) in [5, 5.41) is 10.1. The minimum Gasteiger partial charge on any atom is -0.508 e. The third kappa shape index (κ3) is 4.64. The number of hydrogen-bond donors (Lipinski definition) is 1. The molecular weight excluding hydrogens is 440 g/mol. The Hall–Kier alpha value is -2.26. The average Bonchev–Trinajstić information content (AvgIpc) is 2.93. The van der Waals surface area contributed by atoms with E-state index in [1.54, 1.807) is 11.0 Å². The summed E-state index contributed by atoms with van der Waals surface area (Å²) in [7, 11) is -1.15. The van der Waals surface area contributed by atoms with Crippen LogP contribution in [0.15, 0.2) is 23.9 Å². The van der Waals surface area contributed by atoms with E-state index in [4.69, 9.17) is 18.8 Å². The molecular formula is C25H35BFNO6. The summed E-state index contributed by atoms with van der Waals surface area (Å²) in [6.45, 7) is 13.9. The second-order valence-corrected chi connectivity index (χ2v) is 11.5. The van der Waals surface area contributed by atoms with Crippen LogP contribution in [-0.4, -0.2) is 58.7 Å². The average molecular weight is 475 g/mol. The van der Waals surface area contributed by atoms with Gasteiger partial charge in [0.25, 0.3) is 0 Å². The molecule has 2 fully saturated rings. The van der Waals surface area contributed by atoms with E-state index in [2.05, 4.69) is 0 Å². The number of likely N-dealkylation sites (tertiary alicyclic amines) is 1. The second kappa shape index (κ2) is 8.16. The number of ether oxygens (including phenoxy) is 2. The van der Waals surface area contributed by atoms with Crippen molar-refractivity contribution in [1.82, 2.24) is 4.90 Å². The van der Waals surface area contributed by atoms with E-state index >= 15 is 4.39 Å². The first-order chi connectivity index (χ1) is 15.6. The molecule has 0 unspecified atom stereocenters. The monoisotopic (exact) mass is 475 g/mol. The van der Waals surface area contributed by atoms with Gasteiger partial charge in [0.15, 0.2) is 0 Å². The Kier molecular flexibility index (Phi) is 5.96. The summed E-state index contributed by atoms with van der Waals surface area (Å²) in [5.41, 5.74) is -2.23. The number of nitrogens with zero attached hydrogens (tertiary/aromatic N) is 1. The van der Waals surface area contributed by atoms with Crippen molar-refractivity contribution in [2.45, 2.75) is 90.1 Å². The molecule has 1 N–H and O–H groups in total. The highest BCUT2D eigenvalue weighted by Crippen LogP contribution is 2.49. The fourth-order valence-electron chi connectivity index (χ4n) is 4.53. The quantitative estimate of drug-likeness (QED) is 0.559. The topological polar surface area (TPSA) is 77.5 Å². The summed E-state index contributed by atoms with van der Waals surface area (Å²) < 4.78 is 39.9. The lowest BCUT2D eigenvalue weighted by Gasteiger charge is -2.45. The number of phenols is 1. The predicted molar refractivity (Wildman–Crippen MR) is 127 cm³/mol. The van der Waals surface area contributed by atoms with Gasteiger partial charge in [-0.1, -0.05) is 0 Å². The van der Waals surface area contributed by atoms with Gasteiger partial charge in [-0.15, -0.1) is 0 Å². The van der Waals surface area contributed by atoms with Gasteiger partial charge in [0.05, 0.1) is 11.2 Å². The van der Waals surface area contributed by atoms with Crippen LogP contribution in [-0.2, 0) is 14.0 Å². The largest absolute Gasteiger partial charge is 0.525 e. The van der Waals surface area contributed by atoms with E-state index < -0.39 is 35.2 Å². The number of halogens is 1. The molecule has 3 aliphatic rings. The van der Waals surface area contributed by atoms with E-state index in [1.165, 1.54) is 12.1 Å². The van der Waals surface area contributed by atoms with E-state index in [1.807, 2.05) is 48.5 Å². The fourth-order valence-corrected chi connectivity index (χ4v) is 4.53. The molecule has 0 radical (unpaired) electrons. The molecule has 7 nitrogen and oxygen atoms in total. The van der Waals surface area contributed by atoms with Crippen LogP contribution in [0.4, 0.5) is 9.18 Å². The van der Waals surface area contributed by atoms with Crippen molar-refractivity contribution in [3.05, 3.63) is 29.5 Å². The number of rotatable bonds is 1. The first kappa shape index (κ1) is 24.9. The van der Waals surface area contributed by atoms with Crippen LogP contribution < -0.4 is 4.74 Å². The Morgan fingerprint density at radius 3 is 2.26 bits per heavy atom. The highest BCUT2D eigenvalue weighted by atomic mass is 19.1. The molecule has 4 rings (SSSR count). The van der Waals surface area contributed by atoms with Crippen molar-refractivity contribution >= 4 is 18.8 Å². The lowest BCUT2D eigenvalue weighted by atomic mass is 9.75. The zero-order valence-corrected chi connectivity index (χ0v) is 21.2. The minimum absolute atomic E-state index is 0.0252. The Morgan fingerprint density at radius 1 is 1.12 bits per heavy atom. The van der Waals surface area contributed by atoms with Crippen LogP contribution in [0.25, 0.3) is 5.57 Å². The van der Waals surface area contributed by atoms with Crippen molar-refractivity contribution in [3.63, 3.8) is 0 Å². The maximum Gasteiger partial charge on any atom is 0.525 e. The number of carbonyl (C=O) groups is 1. The third-order valence-electron chi connectivity index (χ3n) is 7.19. The number of phenolic OH excluding ortho intramolecular Hbond substituents is 1. The molecule has 1 spiro atoms. The van der Waals surface area contributed by atoms with Gasteiger partial charge in [0, 0.05) is 37.9 Å². The van der Waals surface area contributed by atoms with Gasteiger partial charge in [-0.05, 0) is 72.2 Å². The molecule has 9 heteroatoms. The van der Waals surface area contributed by atoms with Crippen LogP contribution in [0.5, 0.6) is 11.5 Å². The summed E-state index contributed by atoms with van der Waals surface area (Å²) in [6.07, 6.45) is 0.962. The van der Waals surface area contributed by atoms with Crippen LogP contribution >= 0.6 is 0 Å². The molecule has 0 saturated carbocycles. The molecule has 34 heavy (non-hydrogen) atoms. The summed E-state index contributed by atoms with van der Waals surface area (Å²) in [6, 6.07) is 4.69. The zero-order valence-electron chi connectivity index (χ0n) is 21.2. The second-order valence-electron chi connectivity index (χ2n) is 11.5. The smallest absolute Gasteiger partial charge is 0.508 e. The van der Waals surface area contributed by atoms with Gasteiger partial charge in [0.2, 0.25) is 0 Å². The fraction of sp³-hybridized carbons (Fsp3) is 0.640. The van der Waals surface area contributed by atoms with Crippen LogP contribution in [0.1, 0.15) is 73.3 Å². The number of piperidine rings is 1. The molecule has 2 saturated heterocycles. The van der Waals surface area contributed by atoms with Gasteiger partial charge in [0.1, 0.15) is 28.4 Å². The molecule has 1 amide bonds. The Bertz CT molecular complexity index is 991. The first-order valence-electron chi connectivity index (χ1n) is 11.9. The number of benzene rings is 1. The molecule has 0 aliphatic carbocycles. The third-order valence-corrected chi connectivity index (χ3v) is 7.19. The molecule has 1 aromatic rings. The van der Waals surface area contributed by atoms with Crippen LogP contribution in [0, 0.1) is 0 Å². The van der Waals surface area contributed by atoms with Crippen molar-refractivity contribution < 1.29 is 33.1 Å². The Labute approximate surface area is 201 Å². The standard InChI is InChI=1S/C25H35BFNO6/c1-22(2,3)32-21(30)28-12-10-25(11-13-28)15-18(17-14-16(29)8-9-19(17)31-25)20(27)26-33-23(4,5)24(6,7)34-26/h8-9,14,29H,10-13,15H2,1-7H3. The van der Waals surface area contributed by atoms with E-state index in [0.717, 1.165) is 0 Å². The summed E-state index contributed by atoms with van der Waals surface area (Å²) in [4.78, 5) is 14.2. The number of amides is 1. The first-order valence-corrected chi connectivity index (χ1v) is 11.9. The van der Waals surface area contributed by atoms with Gasteiger partial charge >= 0.3 is 13.2 Å². The van der Waals surface area contributed by atoms with E-state index in [0.29, 0.717) is 42.8 Å². The van der Waals surface area contributed by atoms with Gasteiger partial charge in [-0.25, -0.2) is 9.18 Å². The highest BCUT2D eigenvalue weighted by molar-refractivity contribution is 6.55. The number of hydrogen-bond acceptors (Lipinski definition) is 6. The minimum atomic E-state index is -1.15. The molecule has 3 aliphatic heterocycles. The van der Waals surface area contributed by atoms with Gasteiger partial charge in [-0.3, -0.25) is 0 Å². The predicted octanol–water partition coefficient (Wildman–Crippen LogP) is 5.26. The number of carbonyl (C=O) groups excluding carboxylic acids is 1. The lowest BCUT2D eigenvalue weighted by Crippen LogP contribution is -2.52. The molecule has 3 heterocycles. The zero-order chi connectivity index (χ0) is 25.1. The van der Waals surface area contributed by atoms with Crippen molar-refractivity contribution in [1.29, 1.82) is 0 Å². The van der Waals surface area contributed by atoms with Gasteiger partial charge in [-0.2, -0.15) is 0 Å². The van der Waals surface area contributed by atoms with Crippen molar-refractivity contribution in [2.24, 2.45) is 0 Å². The maximum absolute atomic E-state index is 16.0. The number of aromatic hydroxyl groups is 1. The maximum atomic E-state index is 16.0. The van der Waals surface area contributed by atoms with E-state index in [9.17, 15) is 9.90 Å². The Balaban J connectivity index is 1.63. The lowest BCUT2D eigenvalue weighted by molar-refractivity contribution is -0.0182. The normalized spacial score (nSPS) is 24.5. The Morgan fingerprint density at radius 2 is 1.71 bits per heavy atom. The van der Waals surface area contributed by atoms with Crippen molar-refractivity contribution in [3.8, 4) is 11.5 Å². The summed E-state index contributed by atoms with van der Waals surface area (Å²) >= 11 is 0. The molecule has 186 valence electrons. The van der Waals surface area contributed by atoms with Crippen molar-refractivity contribution in [2.75, 3.05) is 13.1 Å². The molecule has 0 aromatic heterocycles. The summed E-state index contributed by atoms with van der Waals surface area (Å²) in [5.74, 6) is 0.522.